The van der Waals surface area contributed by atoms with E-state index in [1.54, 1.807) is 18.2 Å². The maximum atomic E-state index is 14.0. The molecule has 150 valence electrons. The number of fused-ring (bicyclic) bond motifs is 1. The molecule has 0 radical (unpaired) electrons. The zero-order chi connectivity index (χ0) is 20.5. The second kappa shape index (κ2) is 8.21. The summed E-state index contributed by atoms with van der Waals surface area (Å²) in [5.41, 5.74) is 1.49. The molecular formula is C23H20Cl2FNO2. The van der Waals surface area contributed by atoms with Gasteiger partial charge in [0.1, 0.15) is 12.8 Å². The van der Waals surface area contributed by atoms with Crippen LogP contribution in [-0.4, -0.2) is 23.2 Å². The van der Waals surface area contributed by atoms with Crippen LogP contribution in [0.25, 0.3) is 10.8 Å². The molecule has 3 nitrogen and oxygen atoms in total. The monoisotopic (exact) mass is 431 g/mol. The highest BCUT2D eigenvalue weighted by atomic mass is 35.5. The van der Waals surface area contributed by atoms with Crippen LogP contribution in [0, 0.1) is 0 Å². The quantitative estimate of drug-likeness (QED) is 0.436. The summed E-state index contributed by atoms with van der Waals surface area (Å²) < 4.78 is 19.5. The molecule has 0 aromatic heterocycles. The summed E-state index contributed by atoms with van der Waals surface area (Å²) in [7, 11) is 0. The van der Waals surface area contributed by atoms with E-state index in [2.05, 4.69) is 0 Å². The first-order valence-electron chi connectivity index (χ1n) is 9.47. The van der Waals surface area contributed by atoms with Gasteiger partial charge in [-0.15, -0.1) is 0 Å². The van der Waals surface area contributed by atoms with Crippen molar-refractivity contribution in [2.45, 2.75) is 38.2 Å². The molecule has 29 heavy (non-hydrogen) atoms. The van der Waals surface area contributed by atoms with E-state index in [0.717, 1.165) is 16.3 Å². The molecule has 6 heteroatoms. The molecule has 1 aliphatic rings. The largest absolute Gasteiger partial charge is 0.444 e. The van der Waals surface area contributed by atoms with Crippen LogP contribution in [0.5, 0.6) is 0 Å². The number of halogens is 3. The van der Waals surface area contributed by atoms with Crippen LogP contribution in [-0.2, 0) is 11.3 Å². The van der Waals surface area contributed by atoms with Crippen LogP contribution in [0.1, 0.15) is 30.5 Å². The maximum absolute atomic E-state index is 14.0. The minimum Gasteiger partial charge on any atom is -0.444 e. The van der Waals surface area contributed by atoms with E-state index < -0.39 is 18.3 Å². The molecule has 0 saturated heterocycles. The fourth-order valence-electron chi connectivity index (χ4n) is 3.66. The van der Waals surface area contributed by atoms with Gasteiger partial charge >= 0.3 is 6.09 Å². The summed E-state index contributed by atoms with van der Waals surface area (Å²) in [5, 5.41) is 2.95. The average molecular weight is 432 g/mol. The van der Waals surface area contributed by atoms with Gasteiger partial charge in [0.2, 0.25) is 0 Å². The van der Waals surface area contributed by atoms with Crippen LogP contribution >= 0.6 is 23.2 Å². The van der Waals surface area contributed by atoms with Crippen LogP contribution in [0.4, 0.5) is 9.18 Å². The van der Waals surface area contributed by atoms with E-state index >= 15 is 0 Å². The molecule has 1 fully saturated rings. The van der Waals surface area contributed by atoms with Crippen molar-refractivity contribution in [2.24, 2.45) is 0 Å². The minimum atomic E-state index is -1.04. The van der Waals surface area contributed by atoms with E-state index in [-0.39, 0.29) is 12.6 Å². The van der Waals surface area contributed by atoms with Gasteiger partial charge in [0.05, 0.1) is 12.1 Å². The molecular weight excluding hydrogens is 412 g/mol. The molecule has 1 saturated carbocycles. The topological polar surface area (TPSA) is 29.5 Å². The van der Waals surface area contributed by atoms with E-state index in [1.807, 2.05) is 49.4 Å². The normalized spacial score (nSPS) is 19.0. The summed E-state index contributed by atoms with van der Waals surface area (Å²) in [6, 6.07) is 18.1. The van der Waals surface area contributed by atoms with Crippen molar-refractivity contribution < 1.29 is 13.9 Å². The molecule has 4 rings (SSSR count). The second-order valence-corrected chi connectivity index (χ2v) is 8.04. The Kier molecular flexibility index (Phi) is 5.66. The number of hydrogen-bond donors (Lipinski definition) is 0. The Bertz CT molecular complexity index is 1030. The fourth-order valence-corrected chi connectivity index (χ4v) is 4.17. The predicted octanol–water partition coefficient (Wildman–Crippen LogP) is 6.96. The van der Waals surface area contributed by atoms with Gasteiger partial charge in [0.25, 0.3) is 0 Å². The van der Waals surface area contributed by atoms with Crippen LogP contribution < -0.4 is 0 Å². The van der Waals surface area contributed by atoms with Crippen molar-refractivity contribution in [3.05, 3.63) is 81.8 Å². The molecule has 0 aliphatic heterocycles. The number of carbonyl (C=O) groups excluding carboxylic acids is 1. The van der Waals surface area contributed by atoms with E-state index in [4.69, 9.17) is 27.9 Å². The summed E-state index contributed by atoms with van der Waals surface area (Å²) in [4.78, 5) is 14.5. The summed E-state index contributed by atoms with van der Waals surface area (Å²) >= 11 is 12.3. The third-order valence-corrected chi connectivity index (χ3v) is 6.05. The van der Waals surface area contributed by atoms with Crippen molar-refractivity contribution in [1.29, 1.82) is 0 Å². The van der Waals surface area contributed by atoms with Crippen molar-refractivity contribution in [3.63, 3.8) is 0 Å². The molecule has 1 aliphatic carbocycles. The Hall–Kier alpha value is -2.30. The standard InChI is InChI=1S/C23H20Cl2FNO2/c1-14(16-9-4-7-15-6-2-3-8-17(15)16)27(22-12-21(22)26)23(28)29-13-18-19(24)10-5-11-20(18)25/h2-11,14,21-22H,12-13H2,1H3/t14-,21+,22+/m0/s1. The molecule has 3 aromatic carbocycles. The van der Waals surface area contributed by atoms with Crippen molar-refractivity contribution in [2.75, 3.05) is 0 Å². The number of benzene rings is 3. The predicted molar refractivity (Wildman–Crippen MR) is 114 cm³/mol. The molecule has 1 amide bonds. The Morgan fingerprint density at radius 3 is 2.41 bits per heavy atom. The molecule has 0 unspecified atom stereocenters. The zero-order valence-corrected chi connectivity index (χ0v) is 17.3. The third kappa shape index (κ3) is 4.05. The number of nitrogens with zero attached hydrogens (tertiary/aromatic N) is 1. The molecule has 0 N–H and O–H groups in total. The first-order chi connectivity index (χ1) is 14.0. The van der Waals surface area contributed by atoms with E-state index in [0.29, 0.717) is 22.0 Å². The number of hydrogen-bond acceptors (Lipinski definition) is 2. The van der Waals surface area contributed by atoms with E-state index in [9.17, 15) is 9.18 Å². The highest BCUT2D eigenvalue weighted by Gasteiger charge is 2.47. The second-order valence-electron chi connectivity index (χ2n) is 7.23. The van der Waals surface area contributed by atoms with Crippen molar-refractivity contribution in [1.82, 2.24) is 4.90 Å². The molecule has 3 atom stereocenters. The maximum Gasteiger partial charge on any atom is 0.410 e. The van der Waals surface area contributed by atoms with Gasteiger partial charge < -0.3 is 4.74 Å². The lowest BCUT2D eigenvalue weighted by Gasteiger charge is -2.29. The lowest BCUT2D eigenvalue weighted by molar-refractivity contribution is 0.0764. The molecule has 3 aromatic rings. The summed E-state index contributed by atoms with van der Waals surface area (Å²) in [6.45, 7) is 1.83. The van der Waals surface area contributed by atoms with Crippen molar-refractivity contribution in [3.8, 4) is 0 Å². The molecule has 0 spiro atoms. The number of rotatable bonds is 5. The van der Waals surface area contributed by atoms with Crippen LogP contribution in [0.2, 0.25) is 10.0 Å². The average Bonchev–Trinajstić information content (AvgIpc) is 3.43. The van der Waals surface area contributed by atoms with Crippen LogP contribution in [0.15, 0.2) is 60.7 Å². The van der Waals surface area contributed by atoms with Gasteiger partial charge in [-0.3, -0.25) is 4.90 Å². The fraction of sp³-hybridized carbons (Fsp3) is 0.261. The lowest BCUT2D eigenvalue weighted by Crippen LogP contribution is -2.37. The Labute approximate surface area is 179 Å². The zero-order valence-electron chi connectivity index (χ0n) is 15.8. The van der Waals surface area contributed by atoms with Gasteiger partial charge in [-0.1, -0.05) is 71.7 Å². The van der Waals surface area contributed by atoms with Gasteiger partial charge in [-0.2, -0.15) is 0 Å². The lowest BCUT2D eigenvalue weighted by atomic mass is 9.99. The number of carbonyl (C=O) groups is 1. The smallest absolute Gasteiger partial charge is 0.410 e. The van der Waals surface area contributed by atoms with E-state index in [1.165, 1.54) is 4.90 Å². The van der Waals surface area contributed by atoms with Gasteiger partial charge in [0.15, 0.2) is 0 Å². The van der Waals surface area contributed by atoms with Gasteiger partial charge in [-0.05, 0) is 35.4 Å². The number of amides is 1. The van der Waals surface area contributed by atoms with Crippen molar-refractivity contribution >= 4 is 40.1 Å². The SMILES string of the molecule is C[C@@H](c1cccc2ccccc12)N(C(=O)OCc1c(Cl)cccc1Cl)[C@@H]1C[C@H]1F. The molecule has 0 heterocycles. The highest BCUT2D eigenvalue weighted by molar-refractivity contribution is 6.35. The van der Waals surface area contributed by atoms with Gasteiger partial charge in [0, 0.05) is 22.0 Å². The van der Waals surface area contributed by atoms with Gasteiger partial charge in [-0.25, -0.2) is 9.18 Å². The molecule has 0 bridgehead atoms. The Balaban J connectivity index is 1.60. The number of alkyl halides is 1. The first kappa shape index (κ1) is 20.0. The summed E-state index contributed by atoms with van der Waals surface area (Å²) in [6.07, 6.45) is -1.30. The van der Waals surface area contributed by atoms with Crippen LogP contribution in [0.3, 0.4) is 0 Å². The Morgan fingerprint density at radius 2 is 1.72 bits per heavy atom. The summed E-state index contributed by atoms with van der Waals surface area (Å²) in [5.74, 6) is 0. The third-order valence-electron chi connectivity index (χ3n) is 5.34. The Morgan fingerprint density at radius 1 is 1.10 bits per heavy atom. The number of ether oxygens (including phenoxy) is 1. The highest BCUT2D eigenvalue weighted by Crippen LogP contribution is 2.39. The minimum absolute atomic E-state index is 0.0697. The first-order valence-corrected chi connectivity index (χ1v) is 10.2.